The lowest BCUT2D eigenvalue weighted by Crippen LogP contribution is -2.43. The Labute approximate surface area is 123 Å². The summed E-state index contributed by atoms with van der Waals surface area (Å²) in [5.74, 6) is 1.38. The van der Waals surface area contributed by atoms with Crippen LogP contribution in [0.4, 0.5) is 0 Å². The van der Waals surface area contributed by atoms with Crippen molar-refractivity contribution in [1.82, 2.24) is 15.1 Å². The topological polar surface area (TPSA) is 35.6 Å². The minimum Gasteiger partial charge on any atom is -0.325 e. The van der Waals surface area contributed by atoms with Gasteiger partial charge in [0.25, 0.3) is 0 Å². The lowest BCUT2D eigenvalue weighted by Gasteiger charge is -2.29. The van der Waals surface area contributed by atoms with Crippen molar-refractivity contribution in [2.75, 3.05) is 27.2 Å². The normalized spacial score (nSPS) is 28.3. The lowest BCUT2D eigenvalue weighted by atomic mass is 10.0. The number of carbonyl (C=O) groups excluding carboxylic acids is 1. The van der Waals surface area contributed by atoms with Crippen molar-refractivity contribution in [3.63, 3.8) is 0 Å². The molecule has 2 fully saturated rings. The first kappa shape index (κ1) is 15.8. The van der Waals surface area contributed by atoms with Crippen LogP contribution < -0.4 is 5.32 Å². The summed E-state index contributed by atoms with van der Waals surface area (Å²) in [5.41, 5.74) is 0. The highest BCUT2D eigenvalue weighted by molar-refractivity contribution is 5.84. The molecule has 0 spiro atoms. The van der Waals surface area contributed by atoms with Crippen molar-refractivity contribution in [1.29, 1.82) is 0 Å². The van der Waals surface area contributed by atoms with Crippen LogP contribution in [0.1, 0.15) is 46.0 Å². The molecule has 4 nitrogen and oxygen atoms in total. The molecule has 1 heterocycles. The minimum atomic E-state index is 0.0277. The highest BCUT2D eigenvalue weighted by atomic mass is 16.2. The average molecular weight is 281 g/mol. The first-order valence-electron chi connectivity index (χ1n) is 8.22. The molecule has 2 atom stereocenters. The second kappa shape index (κ2) is 6.90. The van der Waals surface area contributed by atoms with Crippen LogP contribution in [0.2, 0.25) is 0 Å². The van der Waals surface area contributed by atoms with Gasteiger partial charge < -0.3 is 9.80 Å². The molecule has 1 aliphatic heterocycles. The summed E-state index contributed by atoms with van der Waals surface area (Å²) in [6, 6.07) is 0.0277. The predicted octanol–water partition coefficient (Wildman–Crippen LogP) is 1.91. The van der Waals surface area contributed by atoms with E-state index in [-0.39, 0.29) is 6.04 Å². The zero-order valence-corrected chi connectivity index (χ0v) is 13.6. The summed E-state index contributed by atoms with van der Waals surface area (Å²) >= 11 is 0. The molecule has 2 rings (SSSR count). The van der Waals surface area contributed by atoms with Gasteiger partial charge in [0.15, 0.2) is 0 Å². The van der Waals surface area contributed by atoms with E-state index >= 15 is 0 Å². The first-order chi connectivity index (χ1) is 9.50. The molecule has 20 heavy (non-hydrogen) atoms. The monoisotopic (exact) mass is 281 g/mol. The summed E-state index contributed by atoms with van der Waals surface area (Å²) in [5, 5.41) is 3.63. The summed E-state index contributed by atoms with van der Waals surface area (Å²) in [4.78, 5) is 17.0. The fourth-order valence-electron chi connectivity index (χ4n) is 3.61. The van der Waals surface area contributed by atoms with Gasteiger partial charge in [-0.05, 0) is 51.7 Å². The standard InChI is InChI=1S/C16H31N3O/c1-12(2)14-16(20)19(11-7-10-18(3)4)15(17-14)13-8-5-6-9-13/h12-15,17H,5-11H2,1-4H3. The molecular weight excluding hydrogens is 250 g/mol. The van der Waals surface area contributed by atoms with Crippen LogP contribution in [0.3, 0.4) is 0 Å². The van der Waals surface area contributed by atoms with Gasteiger partial charge in [0.05, 0.1) is 12.2 Å². The van der Waals surface area contributed by atoms with E-state index in [1.165, 1.54) is 25.7 Å². The van der Waals surface area contributed by atoms with E-state index in [0.717, 1.165) is 19.5 Å². The van der Waals surface area contributed by atoms with E-state index in [9.17, 15) is 4.79 Å². The van der Waals surface area contributed by atoms with Crippen molar-refractivity contribution in [2.24, 2.45) is 11.8 Å². The molecule has 2 aliphatic rings. The molecule has 4 heteroatoms. The first-order valence-corrected chi connectivity index (χ1v) is 8.22. The zero-order valence-electron chi connectivity index (χ0n) is 13.6. The second-order valence-electron chi connectivity index (χ2n) is 7.07. The summed E-state index contributed by atoms with van der Waals surface area (Å²) in [7, 11) is 4.19. The van der Waals surface area contributed by atoms with Gasteiger partial charge in [0.1, 0.15) is 0 Å². The maximum absolute atomic E-state index is 12.6. The third-order valence-electron chi connectivity index (χ3n) is 4.75. The Morgan fingerprint density at radius 2 is 1.95 bits per heavy atom. The Kier molecular flexibility index (Phi) is 5.44. The van der Waals surface area contributed by atoms with E-state index in [0.29, 0.717) is 23.9 Å². The summed E-state index contributed by atoms with van der Waals surface area (Å²) < 4.78 is 0. The molecule has 0 aromatic rings. The van der Waals surface area contributed by atoms with Crippen molar-refractivity contribution in [3.05, 3.63) is 0 Å². The van der Waals surface area contributed by atoms with Crippen LogP contribution >= 0.6 is 0 Å². The number of nitrogens with one attached hydrogen (secondary N) is 1. The molecule has 0 bridgehead atoms. The smallest absolute Gasteiger partial charge is 0.241 e. The minimum absolute atomic E-state index is 0.0277. The fourth-order valence-corrected chi connectivity index (χ4v) is 3.61. The van der Waals surface area contributed by atoms with Gasteiger partial charge in [-0.25, -0.2) is 0 Å². The van der Waals surface area contributed by atoms with Gasteiger partial charge in [0, 0.05) is 6.54 Å². The predicted molar refractivity (Wildman–Crippen MR) is 82.4 cm³/mol. The van der Waals surface area contributed by atoms with Crippen LogP contribution in [0.5, 0.6) is 0 Å². The fraction of sp³-hybridized carbons (Fsp3) is 0.938. The highest BCUT2D eigenvalue weighted by Crippen LogP contribution is 2.33. The maximum Gasteiger partial charge on any atom is 0.241 e. The number of nitrogens with zero attached hydrogens (tertiary/aromatic N) is 2. The number of rotatable bonds is 6. The van der Waals surface area contributed by atoms with Gasteiger partial charge in [0.2, 0.25) is 5.91 Å². The van der Waals surface area contributed by atoms with Gasteiger partial charge in [-0.2, -0.15) is 0 Å². The van der Waals surface area contributed by atoms with Crippen LogP contribution in [-0.4, -0.2) is 55.1 Å². The van der Waals surface area contributed by atoms with E-state index < -0.39 is 0 Å². The highest BCUT2D eigenvalue weighted by Gasteiger charge is 2.43. The quantitative estimate of drug-likeness (QED) is 0.808. The Hall–Kier alpha value is -0.610. The Morgan fingerprint density at radius 3 is 2.50 bits per heavy atom. The van der Waals surface area contributed by atoms with Crippen LogP contribution in [0, 0.1) is 11.8 Å². The number of carbonyl (C=O) groups is 1. The molecule has 1 saturated heterocycles. The molecule has 1 N–H and O–H groups in total. The van der Waals surface area contributed by atoms with E-state index in [4.69, 9.17) is 0 Å². The molecule has 1 amide bonds. The van der Waals surface area contributed by atoms with Gasteiger partial charge in [-0.1, -0.05) is 26.7 Å². The third-order valence-corrected chi connectivity index (χ3v) is 4.75. The van der Waals surface area contributed by atoms with E-state index in [1.54, 1.807) is 0 Å². The SMILES string of the molecule is CC(C)C1NC(C2CCCC2)N(CCCN(C)C)C1=O. The molecule has 0 radical (unpaired) electrons. The van der Waals surface area contributed by atoms with Crippen molar-refractivity contribution in [3.8, 4) is 0 Å². The van der Waals surface area contributed by atoms with Gasteiger partial charge in [-0.15, -0.1) is 0 Å². The summed E-state index contributed by atoms with van der Waals surface area (Å²) in [6.45, 7) is 6.23. The molecule has 1 saturated carbocycles. The zero-order chi connectivity index (χ0) is 14.7. The second-order valence-corrected chi connectivity index (χ2v) is 7.07. The molecule has 2 unspecified atom stereocenters. The van der Waals surface area contributed by atoms with Crippen molar-refractivity contribution >= 4 is 5.91 Å². The number of hydrogen-bond donors (Lipinski definition) is 1. The average Bonchev–Trinajstić information content (AvgIpc) is 2.97. The molecular formula is C16H31N3O. The van der Waals surface area contributed by atoms with Crippen LogP contribution in [-0.2, 0) is 4.79 Å². The van der Waals surface area contributed by atoms with Crippen LogP contribution in [0.25, 0.3) is 0 Å². The molecule has 116 valence electrons. The number of hydrogen-bond acceptors (Lipinski definition) is 3. The Balaban J connectivity index is 2.00. The van der Waals surface area contributed by atoms with Crippen LogP contribution in [0.15, 0.2) is 0 Å². The van der Waals surface area contributed by atoms with E-state index in [1.807, 2.05) is 0 Å². The van der Waals surface area contributed by atoms with Gasteiger partial charge in [-0.3, -0.25) is 10.1 Å². The molecule has 0 aromatic carbocycles. The van der Waals surface area contributed by atoms with Gasteiger partial charge >= 0.3 is 0 Å². The van der Waals surface area contributed by atoms with Crippen molar-refractivity contribution < 1.29 is 4.79 Å². The molecule has 0 aromatic heterocycles. The van der Waals surface area contributed by atoms with E-state index in [2.05, 4.69) is 43.1 Å². The third kappa shape index (κ3) is 3.53. The lowest BCUT2D eigenvalue weighted by molar-refractivity contribution is -0.131. The Bertz CT molecular complexity index is 324. The maximum atomic E-state index is 12.6. The molecule has 1 aliphatic carbocycles. The number of amides is 1. The Morgan fingerprint density at radius 1 is 1.30 bits per heavy atom. The summed E-state index contributed by atoms with van der Waals surface area (Å²) in [6.07, 6.45) is 6.57. The largest absolute Gasteiger partial charge is 0.325 e. The van der Waals surface area contributed by atoms with Crippen molar-refractivity contribution in [2.45, 2.75) is 58.2 Å².